The molecule has 1 aromatic carbocycles. The van der Waals surface area contributed by atoms with Crippen LogP contribution >= 0.6 is 0 Å². The van der Waals surface area contributed by atoms with Crippen molar-refractivity contribution in [1.82, 2.24) is 10.2 Å². The molecular formula is C15H21FN2O3S. The fourth-order valence-electron chi connectivity index (χ4n) is 2.50. The van der Waals surface area contributed by atoms with Crippen molar-refractivity contribution in [3.63, 3.8) is 0 Å². The van der Waals surface area contributed by atoms with Crippen molar-refractivity contribution in [1.29, 1.82) is 0 Å². The van der Waals surface area contributed by atoms with Gasteiger partial charge in [-0.2, -0.15) is 0 Å². The van der Waals surface area contributed by atoms with Gasteiger partial charge in [-0.15, -0.1) is 0 Å². The molecule has 0 aliphatic carbocycles. The number of sulfone groups is 1. The standard InChI is InChI=1S/C15H21FN2O3S/c1-11-10-18(8-7-17-11)15(19)9-12(2)22(20,21)14-5-3-13(16)4-6-14/h3-6,11-12,17H,7-10H2,1-2H3/t11-,12+/m0/s1. The van der Waals surface area contributed by atoms with E-state index in [1.165, 1.54) is 19.1 Å². The Kier molecular flexibility index (Phi) is 5.18. The Morgan fingerprint density at radius 3 is 2.64 bits per heavy atom. The summed E-state index contributed by atoms with van der Waals surface area (Å²) in [6.07, 6.45) is -0.0631. The van der Waals surface area contributed by atoms with Crippen LogP contribution in [0.2, 0.25) is 0 Å². The van der Waals surface area contributed by atoms with E-state index in [1.54, 1.807) is 4.90 Å². The van der Waals surface area contributed by atoms with Gasteiger partial charge in [-0.05, 0) is 38.1 Å². The predicted octanol–water partition coefficient (Wildman–Crippen LogP) is 1.20. The van der Waals surface area contributed by atoms with Crippen molar-refractivity contribution in [2.24, 2.45) is 0 Å². The highest BCUT2D eigenvalue weighted by atomic mass is 32.2. The van der Waals surface area contributed by atoms with Crippen molar-refractivity contribution in [3.05, 3.63) is 30.1 Å². The van der Waals surface area contributed by atoms with Gasteiger partial charge in [0.1, 0.15) is 5.82 Å². The van der Waals surface area contributed by atoms with Crippen molar-refractivity contribution in [2.45, 2.75) is 36.5 Å². The van der Waals surface area contributed by atoms with Gasteiger partial charge in [0.05, 0.1) is 10.1 Å². The third-order valence-corrected chi connectivity index (χ3v) is 6.01. The van der Waals surface area contributed by atoms with Crippen LogP contribution in [0.25, 0.3) is 0 Å². The highest BCUT2D eigenvalue weighted by Gasteiger charge is 2.29. The summed E-state index contributed by atoms with van der Waals surface area (Å²) in [6, 6.07) is 4.90. The van der Waals surface area contributed by atoms with Crippen molar-refractivity contribution >= 4 is 15.7 Å². The number of amides is 1. The lowest BCUT2D eigenvalue weighted by molar-refractivity contribution is -0.132. The predicted molar refractivity (Wildman–Crippen MR) is 81.7 cm³/mol. The molecule has 1 aliphatic heterocycles. The summed E-state index contributed by atoms with van der Waals surface area (Å²) >= 11 is 0. The molecule has 122 valence electrons. The first-order chi connectivity index (χ1) is 10.3. The molecule has 0 radical (unpaired) electrons. The Bertz CT molecular complexity index is 631. The third kappa shape index (κ3) is 3.84. The first-order valence-electron chi connectivity index (χ1n) is 7.31. The first kappa shape index (κ1) is 16.9. The fourth-order valence-corrected chi connectivity index (χ4v) is 3.84. The summed E-state index contributed by atoms with van der Waals surface area (Å²) in [7, 11) is -3.63. The minimum absolute atomic E-state index is 0.0443. The van der Waals surface area contributed by atoms with Gasteiger partial charge in [0.15, 0.2) is 9.84 Å². The lowest BCUT2D eigenvalue weighted by atomic mass is 10.2. The molecule has 1 aromatic rings. The fraction of sp³-hybridized carbons (Fsp3) is 0.533. The molecule has 2 atom stereocenters. The first-order valence-corrected chi connectivity index (χ1v) is 8.86. The van der Waals surface area contributed by atoms with Gasteiger partial charge in [-0.1, -0.05) is 0 Å². The summed E-state index contributed by atoms with van der Waals surface area (Å²) in [5.41, 5.74) is 0. The number of carbonyl (C=O) groups excluding carboxylic acids is 1. The Morgan fingerprint density at radius 2 is 2.05 bits per heavy atom. The smallest absolute Gasteiger partial charge is 0.223 e. The van der Waals surface area contributed by atoms with E-state index in [4.69, 9.17) is 0 Å². The van der Waals surface area contributed by atoms with E-state index in [0.717, 1.165) is 12.1 Å². The number of nitrogens with one attached hydrogen (secondary N) is 1. The summed E-state index contributed by atoms with van der Waals surface area (Å²) in [5.74, 6) is -0.649. The number of benzene rings is 1. The Labute approximate surface area is 130 Å². The summed E-state index contributed by atoms with van der Waals surface area (Å²) < 4.78 is 37.7. The summed E-state index contributed by atoms with van der Waals surface area (Å²) in [4.78, 5) is 14.0. The summed E-state index contributed by atoms with van der Waals surface area (Å²) in [6.45, 7) is 5.39. The van der Waals surface area contributed by atoms with E-state index < -0.39 is 20.9 Å². The number of piperazine rings is 1. The monoisotopic (exact) mass is 328 g/mol. The maximum atomic E-state index is 12.9. The third-order valence-electron chi connectivity index (χ3n) is 3.86. The van der Waals surface area contributed by atoms with Gasteiger partial charge in [-0.25, -0.2) is 12.8 Å². The number of nitrogens with zero attached hydrogens (tertiary/aromatic N) is 1. The number of rotatable bonds is 4. The van der Waals surface area contributed by atoms with Gasteiger partial charge in [0.25, 0.3) is 0 Å². The van der Waals surface area contributed by atoms with Crippen molar-refractivity contribution in [3.8, 4) is 0 Å². The van der Waals surface area contributed by atoms with Crippen LogP contribution < -0.4 is 5.32 Å². The molecule has 22 heavy (non-hydrogen) atoms. The lowest BCUT2D eigenvalue weighted by Crippen LogP contribution is -2.51. The molecule has 1 amide bonds. The van der Waals surface area contributed by atoms with Gasteiger partial charge in [0.2, 0.25) is 5.91 Å². The largest absolute Gasteiger partial charge is 0.340 e. The van der Waals surface area contributed by atoms with Gasteiger partial charge in [-0.3, -0.25) is 4.79 Å². The van der Waals surface area contributed by atoms with Gasteiger partial charge < -0.3 is 10.2 Å². The van der Waals surface area contributed by atoms with E-state index in [9.17, 15) is 17.6 Å². The zero-order chi connectivity index (χ0) is 16.3. The van der Waals surface area contributed by atoms with E-state index in [0.29, 0.717) is 19.6 Å². The average Bonchev–Trinajstić information content (AvgIpc) is 2.47. The number of halogens is 1. The van der Waals surface area contributed by atoms with E-state index >= 15 is 0 Å². The number of hydrogen-bond acceptors (Lipinski definition) is 4. The highest BCUT2D eigenvalue weighted by molar-refractivity contribution is 7.92. The molecule has 7 heteroatoms. The molecule has 0 bridgehead atoms. The van der Waals surface area contributed by atoms with Crippen LogP contribution in [-0.4, -0.2) is 50.2 Å². The Morgan fingerprint density at radius 1 is 1.41 bits per heavy atom. The molecule has 1 saturated heterocycles. The van der Waals surface area contributed by atoms with E-state index in [1.807, 2.05) is 6.92 Å². The van der Waals surface area contributed by atoms with Crippen LogP contribution in [0.3, 0.4) is 0 Å². The second-order valence-electron chi connectivity index (χ2n) is 5.71. The minimum atomic E-state index is -3.63. The average molecular weight is 328 g/mol. The normalized spacial score (nSPS) is 20.7. The van der Waals surface area contributed by atoms with Crippen LogP contribution in [-0.2, 0) is 14.6 Å². The molecule has 1 N–H and O–H groups in total. The summed E-state index contributed by atoms with van der Waals surface area (Å²) in [5, 5.41) is 2.40. The van der Waals surface area contributed by atoms with Gasteiger partial charge >= 0.3 is 0 Å². The molecule has 0 spiro atoms. The van der Waals surface area contributed by atoms with Crippen molar-refractivity contribution < 1.29 is 17.6 Å². The SMILES string of the molecule is C[C@H](CC(=O)N1CCN[C@@H](C)C1)S(=O)(=O)c1ccc(F)cc1. The van der Waals surface area contributed by atoms with Crippen LogP contribution in [0.15, 0.2) is 29.2 Å². The van der Waals surface area contributed by atoms with Crippen LogP contribution in [0.5, 0.6) is 0 Å². The van der Waals surface area contributed by atoms with Crippen LogP contribution in [0.4, 0.5) is 4.39 Å². The maximum absolute atomic E-state index is 12.9. The molecular weight excluding hydrogens is 307 g/mol. The number of hydrogen-bond donors (Lipinski definition) is 1. The van der Waals surface area contributed by atoms with Crippen LogP contribution in [0.1, 0.15) is 20.3 Å². The lowest BCUT2D eigenvalue weighted by Gasteiger charge is -2.32. The molecule has 0 aromatic heterocycles. The topological polar surface area (TPSA) is 66.5 Å². The van der Waals surface area contributed by atoms with Gasteiger partial charge in [0, 0.05) is 32.1 Å². The second kappa shape index (κ2) is 6.75. The number of carbonyl (C=O) groups is 1. The second-order valence-corrected chi connectivity index (χ2v) is 8.07. The molecule has 1 fully saturated rings. The zero-order valence-corrected chi connectivity index (χ0v) is 13.6. The van der Waals surface area contributed by atoms with Crippen LogP contribution in [0, 0.1) is 5.82 Å². The molecule has 0 unspecified atom stereocenters. The molecule has 5 nitrogen and oxygen atoms in total. The molecule has 1 aliphatic rings. The van der Waals surface area contributed by atoms with Crippen molar-refractivity contribution in [2.75, 3.05) is 19.6 Å². The van der Waals surface area contributed by atoms with E-state index in [-0.39, 0.29) is 23.3 Å². The zero-order valence-electron chi connectivity index (χ0n) is 12.8. The maximum Gasteiger partial charge on any atom is 0.223 e. The Balaban J connectivity index is 2.05. The molecule has 2 rings (SSSR count). The minimum Gasteiger partial charge on any atom is -0.340 e. The quantitative estimate of drug-likeness (QED) is 0.844. The molecule has 0 saturated carbocycles. The Hall–Kier alpha value is -1.47. The highest BCUT2D eigenvalue weighted by Crippen LogP contribution is 2.19. The van der Waals surface area contributed by atoms with E-state index in [2.05, 4.69) is 5.32 Å². The molecule has 1 heterocycles.